The molecule has 1 amide bonds. The number of rotatable bonds is 3. The second-order valence-corrected chi connectivity index (χ2v) is 6.85. The van der Waals surface area contributed by atoms with Crippen molar-refractivity contribution in [1.29, 1.82) is 0 Å². The molecule has 2 aliphatic rings. The summed E-state index contributed by atoms with van der Waals surface area (Å²) in [7, 11) is 0. The number of hydrogen-bond donors (Lipinski definition) is 0. The Bertz CT molecular complexity index is 1050. The highest BCUT2D eigenvalue weighted by molar-refractivity contribution is 6.50. The topological polar surface area (TPSA) is 101 Å². The SMILES string of the molecule is O=C1C=C(N2CCN(C(=O)c3ccc([N+](=O)[O-])cc3)CC2)c2ccccc2C1=O. The molecule has 1 aliphatic carbocycles. The van der Waals surface area contributed by atoms with Crippen LogP contribution in [0, 0.1) is 10.1 Å². The van der Waals surface area contributed by atoms with Crippen LogP contribution in [0.2, 0.25) is 0 Å². The van der Waals surface area contributed by atoms with Gasteiger partial charge in [-0.1, -0.05) is 24.3 Å². The molecule has 8 nitrogen and oxygen atoms in total. The highest BCUT2D eigenvalue weighted by Crippen LogP contribution is 2.29. The number of nitrogens with zero attached hydrogens (tertiary/aromatic N) is 3. The fourth-order valence-electron chi connectivity index (χ4n) is 3.63. The lowest BCUT2D eigenvalue weighted by Gasteiger charge is -2.38. The van der Waals surface area contributed by atoms with Crippen molar-refractivity contribution in [2.75, 3.05) is 26.2 Å². The maximum Gasteiger partial charge on any atom is 0.269 e. The number of allylic oxidation sites excluding steroid dienone is 1. The summed E-state index contributed by atoms with van der Waals surface area (Å²) in [5, 5.41) is 10.8. The number of carbonyl (C=O) groups excluding carboxylic acids is 3. The molecule has 0 radical (unpaired) electrons. The summed E-state index contributed by atoms with van der Waals surface area (Å²) in [4.78, 5) is 50.8. The Morgan fingerprint density at radius 1 is 0.897 bits per heavy atom. The molecule has 0 N–H and O–H groups in total. The van der Waals surface area contributed by atoms with Crippen molar-refractivity contribution in [2.45, 2.75) is 0 Å². The van der Waals surface area contributed by atoms with Crippen molar-refractivity contribution in [2.24, 2.45) is 0 Å². The van der Waals surface area contributed by atoms with E-state index in [1.54, 1.807) is 17.0 Å². The Kier molecular flexibility index (Phi) is 4.67. The number of amides is 1. The van der Waals surface area contributed by atoms with Gasteiger partial charge in [0.2, 0.25) is 11.6 Å². The number of nitro groups is 1. The highest BCUT2D eigenvalue weighted by Gasteiger charge is 2.30. The predicted molar refractivity (Wildman–Crippen MR) is 104 cm³/mol. The van der Waals surface area contributed by atoms with E-state index in [0.717, 1.165) is 5.56 Å². The molecule has 0 saturated carbocycles. The third-order valence-corrected chi connectivity index (χ3v) is 5.17. The molecule has 1 aliphatic heterocycles. The third-order valence-electron chi connectivity index (χ3n) is 5.17. The zero-order valence-electron chi connectivity index (χ0n) is 15.4. The van der Waals surface area contributed by atoms with Crippen LogP contribution in [0.25, 0.3) is 5.70 Å². The molecule has 2 aromatic carbocycles. The Morgan fingerprint density at radius 2 is 1.52 bits per heavy atom. The van der Waals surface area contributed by atoms with Gasteiger partial charge in [0, 0.05) is 66.8 Å². The molecule has 1 saturated heterocycles. The molecule has 0 atom stereocenters. The summed E-state index contributed by atoms with van der Waals surface area (Å²) in [6.07, 6.45) is 1.37. The monoisotopic (exact) mass is 391 g/mol. The van der Waals surface area contributed by atoms with E-state index in [1.807, 2.05) is 17.0 Å². The van der Waals surface area contributed by atoms with Gasteiger partial charge in [0.25, 0.3) is 11.6 Å². The van der Waals surface area contributed by atoms with Gasteiger partial charge in [-0.15, -0.1) is 0 Å². The molecular weight excluding hydrogens is 374 g/mol. The van der Waals surface area contributed by atoms with Crippen LogP contribution < -0.4 is 0 Å². The van der Waals surface area contributed by atoms with Crippen LogP contribution in [0.5, 0.6) is 0 Å². The van der Waals surface area contributed by atoms with Gasteiger partial charge in [0.05, 0.1) is 4.92 Å². The Balaban J connectivity index is 1.48. The molecule has 146 valence electrons. The zero-order chi connectivity index (χ0) is 20.5. The van der Waals surface area contributed by atoms with Gasteiger partial charge in [0.15, 0.2) is 0 Å². The molecule has 0 spiro atoms. The maximum absolute atomic E-state index is 12.7. The fraction of sp³-hybridized carbons (Fsp3) is 0.190. The summed E-state index contributed by atoms with van der Waals surface area (Å²) in [6.45, 7) is 1.91. The molecular formula is C21H17N3O5. The maximum atomic E-state index is 12.7. The first kappa shape index (κ1) is 18.5. The van der Waals surface area contributed by atoms with Crippen LogP contribution in [0.4, 0.5) is 5.69 Å². The number of fused-ring (bicyclic) bond motifs is 1. The smallest absolute Gasteiger partial charge is 0.269 e. The predicted octanol–water partition coefficient (Wildman–Crippen LogP) is 2.16. The van der Waals surface area contributed by atoms with E-state index < -0.39 is 16.5 Å². The first-order valence-electron chi connectivity index (χ1n) is 9.14. The van der Waals surface area contributed by atoms with E-state index in [-0.39, 0.29) is 11.6 Å². The molecule has 1 heterocycles. The van der Waals surface area contributed by atoms with E-state index in [9.17, 15) is 24.5 Å². The van der Waals surface area contributed by atoms with Crippen molar-refractivity contribution in [3.63, 3.8) is 0 Å². The molecule has 8 heteroatoms. The fourth-order valence-corrected chi connectivity index (χ4v) is 3.63. The first-order valence-corrected chi connectivity index (χ1v) is 9.14. The van der Waals surface area contributed by atoms with E-state index in [4.69, 9.17) is 0 Å². The number of piperazine rings is 1. The number of nitro benzene ring substituents is 1. The lowest BCUT2D eigenvalue weighted by molar-refractivity contribution is -0.384. The summed E-state index contributed by atoms with van der Waals surface area (Å²) in [6, 6.07) is 12.6. The lowest BCUT2D eigenvalue weighted by atomic mass is 9.92. The van der Waals surface area contributed by atoms with E-state index >= 15 is 0 Å². The van der Waals surface area contributed by atoms with Crippen molar-refractivity contribution >= 4 is 28.9 Å². The molecule has 0 unspecified atom stereocenters. The van der Waals surface area contributed by atoms with Crippen LogP contribution in [-0.4, -0.2) is 58.4 Å². The molecule has 4 rings (SSSR count). The molecule has 0 aromatic heterocycles. The number of hydrogen-bond acceptors (Lipinski definition) is 6. The van der Waals surface area contributed by atoms with Crippen LogP contribution in [0.15, 0.2) is 54.6 Å². The second kappa shape index (κ2) is 7.31. The number of non-ortho nitro benzene ring substituents is 1. The standard InChI is InChI=1S/C21H17N3O5/c25-19-13-18(16-3-1-2-4-17(16)20(19)26)22-9-11-23(12-10-22)21(27)14-5-7-15(8-6-14)24(28)29/h1-8,13H,9-12H2. The minimum Gasteiger partial charge on any atom is -0.367 e. The van der Waals surface area contributed by atoms with Gasteiger partial charge < -0.3 is 9.80 Å². The largest absolute Gasteiger partial charge is 0.367 e. The Morgan fingerprint density at radius 3 is 2.14 bits per heavy atom. The summed E-state index contributed by atoms with van der Waals surface area (Å²) >= 11 is 0. The van der Waals surface area contributed by atoms with Gasteiger partial charge in [0.1, 0.15) is 0 Å². The van der Waals surface area contributed by atoms with E-state index in [2.05, 4.69) is 0 Å². The van der Waals surface area contributed by atoms with E-state index in [1.165, 1.54) is 30.3 Å². The van der Waals surface area contributed by atoms with Gasteiger partial charge >= 0.3 is 0 Å². The number of Topliss-reactive ketones (excluding diaryl/α,β-unsaturated/α-hetero) is 1. The van der Waals surface area contributed by atoms with Crippen LogP contribution in [0.3, 0.4) is 0 Å². The Hall–Kier alpha value is -3.81. The average Bonchev–Trinajstić information content (AvgIpc) is 2.76. The quantitative estimate of drug-likeness (QED) is 0.451. The number of ketones is 2. The summed E-state index contributed by atoms with van der Waals surface area (Å²) < 4.78 is 0. The minimum atomic E-state index is -0.539. The number of carbonyl (C=O) groups is 3. The van der Waals surface area contributed by atoms with Gasteiger partial charge in [-0.3, -0.25) is 24.5 Å². The number of benzene rings is 2. The molecule has 29 heavy (non-hydrogen) atoms. The van der Waals surface area contributed by atoms with Gasteiger partial charge in [-0.05, 0) is 12.1 Å². The zero-order valence-corrected chi connectivity index (χ0v) is 15.4. The average molecular weight is 391 g/mol. The van der Waals surface area contributed by atoms with Crippen LogP contribution in [0.1, 0.15) is 26.3 Å². The van der Waals surface area contributed by atoms with E-state index in [0.29, 0.717) is 43.0 Å². The van der Waals surface area contributed by atoms with Crippen molar-refractivity contribution in [1.82, 2.24) is 9.80 Å². The molecule has 2 aromatic rings. The molecule has 0 bridgehead atoms. The summed E-state index contributed by atoms with van der Waals surface area (Å²) in [5.74, 6) is -1.23. The van der Waals surface area contributed by atoms with Crippen LogP contribution >= 0.6 is 0 Å². The minimum absolute atomic E-state index is 0.0616. The third kappa shape index (κ3) is 3.40. The second-order valence-electron chi connectivity index (χ2n) is 6.85. The van der Waals surface area contributed by atoms with Crippen molar-refractivity contribution < 1.29 is 19.3 Å². The lowest BCUT2D eigenvalue weighted by Crippen LogP contribution is -2.48. The first-order chi connectivity index (χ1) is 14.0. The Labute approximate surface area is 166 Å². The van der Waals surface area contributed by atoms with Gasteiger partial charge in [-0.25, -0.2) is 0 Å². The van der Waals surface area contributed by atoms with Crippen molar-refractivity contribution in [3.8, 4) is 0 Å². The van der Waals surface area contributed by atoms with Crippen LogP contribution in [-0.2, 0) is 4.79 Å². The van der Waals surface area contributed by atoms with Gasteiger partial charge in [-0.2, -0.15) is 0 Å². The normalized spacial score (nSPS) is 16.3. The molecule has 1 fully saturated rings. The summed E-state index contributed by atoms with van der Waals surface area (Å²) in [5.41, 5.74) is 2.17. The highest BCUT2D eigenvalue weighted by atomic mass is 16.6. The van der Waals surface area contributed by atoms with Crippen molar-refractivity contribution in [3.05, 3.63) is 81.4 Å².